The van der Waals surface area contributed by atoms with Crippen LogP contribution >= 0.6 is 25.3 Å². The molecule has 0 unspecified atom stereocenters. The van der Waals surface area contributed by atoms with Crippen molar-refractivity contribution in [3.05, 3.63) is 0 Å². The predicted octanol–water partition coefficient (Wildman–Crippen LogP) is 4.96. The molecule has 142 valence electrons. The number of unbranched alkanes of at least 4 members (excludes halogenated alkanes) is 4. The Morgan fingerprint density at radius 1 is 0.833 bits per heavy atom. The maximum absolute atomic E-state index is 12.0. The van der Waals surface area contributed by atoms with Gasteiger partial charge in [0, 0.05) is 15.9 Å². The Morgan fingerprint density at radius 3 is 1.62 bits per heavy atom. The van der Waals surface area contributed by atoms with E-state index >= 15 is 0 Å². The Morgan fingerprint density at radius 2 is 1.25 bits per heavy atom. The normalized spacial score (nSPS) is 12.3. The average Bonchev–Trinajstić information content (AvgIpc) is 2.33. The summed E-state index contributed by atoms with van der Waals surface area (Å²) in [6.45, 7) is 9.52. The highest BCUT2D eigenvalue weighted by molar-refractivity contribution is 7.82. The van der Waals surface area contributed by atoms with Gasteiger partial charge in [0.25, 0.3) is 0 Å². The Balaban J connectivity index is 4.53. The summed E-state index contributed by atoms with van der Waals surface area (Å²) >= 11 is 8.67. The molecular formula is C18H34O4S2. The van der Waals surface area contributed by atoms with Crippen LogP contribution in [0.25, 0.3) is 0 Å². The summed E-state index contributed by atoms with van der Waals surface area (Å²) < 4.78 is 9.81. The minimum absolute atomic E-state index is 0.165. The SMILES string of the molecule is CCCCCCCC(OC(=O)CC(C)(C)S)OC(=O)CC(C)(C)S. The van der Waals surface area contributed by atoms with Crippen molar-refractivity contribution in [1.82, 2.24) is 0 Å². The second kappa shape index (κ2) is 11.3. The van der Waals surface area contributed by atoms with E-state index in [-0.39, 0.29) is 12.8 Å². The summed E-state index contributed by atoms with van der Waals surface area (Å²) in [5.74, 6) is -0.794. The van der Waals surface area contributed by atoms with Crippen LogP contribution in [0.2, 0.25) is 0 Å². The van der Waals surface area contributed by atoms with Crippen LogP contribution in [-0.2, 0) is 19.1 Å². The topological polar surface area (TPSA) is 52.6 Å². The molecule has 0 radical (unpaired) electrons. The van der Waals surface area contributed by atoms with Gasteiger partial charge in [-0.25, -0.2) is 0 Å². The van der Waals surface area contributed by atoms with Gasteiger partial charge in [0.15, 0.2) is 0 Å². The van der Waals surface area contributed by atoms with E-state index < -0.39 is 27.7 Å². The molecule has 4 nitrogen and oxygen atoms in total. The number of hydrogen-bond donors (Lipinski definition) is 2. The van der Waals surface area contributed by atoms with Gasteiger partial charge >= 0.3 is 11.9 Å². The van der Waals surface area contributed by atoms with Crippen molar-refractivity contribution < 1.29 is 19.1 Å². The molecule has 0 amide bonds. The first-order chi connectivity index (χ1) is 10.9. The highest BCUT2D eigenvalue weighted by atomic mass is 32.1. The van der Waals surface area contributed by atoms with Crippen molar-refractivity contribution >= 4 is 37.2 Å². The first-order valence-electron chi connectivity index (χ1n) is 8.76. The molecular weight excluding hydrogens is 344 g/mol. The van der Waals surface area contributed by atoms with Crippen LogP contribution in [0.4, 0.5) is 0 Å². The van der Waals surface area contributed by atoms with Gasteiger partial charge in [-0.15, -0.1) is 0 Å². The van der Waals surface area contributed by atoms with Gasteiger partial charge < -0.3 is 9.47 Å². The number of thiol groups is 2. The fraction of sp³-hybridized carbons (Fsp3) is 0.889. The fourth-order valence-electron chi connectivity index (χ4n) is 2.14. The lowest BCUT2D eigenvalue weighted by Gasteiger charge is -2.23. The highest BCUT2D eigenvalue weighted by Crippen LogP contribution is 2.21. The van der Waals surface area contributed by atoms with Gasteiger partial charge in [-0.2, -0.15) is 25.3 Å². The molecule has 0 aliphatic rings. The first-order valence-corrected chi connectivity index (χ1v) is 9.66. The fourth-order valence-corrected chi connectivity index (χ4v) is 2.40. The van der Waals surface area contributed by atoms with Crippen molar-refractivity contribution in [3.63, 3.8) is 0 Å². The van der Waals surface area contributed by atoms with Gasteiger partial charge in [0.2, 0.25) is 6.29 Å². The van der Waals surface area contributed by atoms with E-state index in [0.29, 0.717) is 6.42 Å². The number of carbonyl (C=O) groups is 2. The number of ether oxygens (including phenoxy) is 2. The van der Waals surface area contributed by atoms with Crippen molar-refractivity contribution in [1.29, 1.82) is 0 Å². The van der Waals surface area contributed by atoms with Crippen molar-refractivity contribution in [3.8, 4) is 0 Å². The lowest BCUT2D eigenvalue weighted by atomic mass is 10.1. The molecule has 0 N–H and O–H groups in total. The van der Waals surface area contributed by atoms with Gasteiger partial charge in [0.1, 0.15) is 0 Å². The van der Waals surface area contributed by atoms with Crippen molar-refractivity contribution in [2.24, 2.45) is 0 Å². The van der Waals surface area contributed by atoms with E-state index in [4.69, 9.17) is 9.47 Å². The first kappa shape index (κ1) is 23.6. The maximum Gasteiger partial charge on any atom is 0.310 e. The second-order valence-electron chi connectivity index (χ2n) is 7.59. The molecule has 0 rings (SSSR count). The number of rotatable bonds is 12. The Hall–Kier alpha value is -0.360. The van der Waals surface area contributed by atoms with Crippen molar-refractivity contribution in [2.45, 2.75) is 102 Å². The molecule has 24 heavy (non-hydrogen) atoms. The maximum atomic E-state index is 12.0. The van der Waals surface area contributed by atoms with E-state index in [9.17, 15) is 9.59 Å². The molecule has 0 spiro atoms. The third kappa shape index (κ3) is 15.2. The summed E-state index contributed by atoms with van der Waals surface area (Å²) in [5.41, 5.74) is 0. The molecule has 0 atom stereocenters. The van der Waals surface area contributed by atoms with Gasteiger partial charge in [-0.05, 0) is 6.42 Å². The summed E-state index contributed by atoms with van der Waals surface area (Å²) in [6, 6.07) is 0. The summed E-state index contributed by atoms with van der Waals surface area (Å²) in [7, 11) is 0. The molecule has 0 aromatic rings. The molecule has 0 aromatic heterocycles. The van der Waals surface area contributed by atoms with E-state index in [0.717, 1.165) is 19.3 Å². The average molecular weight is 379 g/mol. The van der Waals surface area contributed by atoms with Gasteiger partial charge in [0.05, 0.1) is 12.8 Å². The van der Waals surface area contributed by atoms with E-state index in [1.807, 2.05) is 27.7 Å². The quantitative estimate of drug-likeness (QED) is 0.218. The zero-order chi connectivity index (χ0) is 18.8. The molecule has 0 aromatic carbocycles. The minimum atomic E-state index is -0.821. The lowest BCUT2D eigenvalue weighted by molar-refractivity contribution is -0.189. The lowest BCUT2D eigenvalue weighted by Crippen LogP contribution is -2.29. The standard InChI is InChI=1S/C18H34O4S2/c1-6-7-8-9-10-11-16(21-14(19)12-17(2,3)23)22-15(20)13-18(4,5)24/h16,23-24H,6-13H2,1-5H3. The van der Waals surface area contributed by atoms with Gasteiger partial charge in [-0.3, -0.25) is 9.59 Å². The van der Waals surface area contributed by atoms with Crippen LogP contribution in [0.1, 0.15) is 86.0 Å². The van der Waals surface area contributed by atoms with E-state index in [2.05, 4.69) is 32.2 Å². The Kier molecular flexibility index (Phi) is 11.1. The summed E-state index contributed by atoms with van der Waals surface area (Å²) in [5, 5.41) is 0. The van der Waals surface area contributed by atoms with E-state index in [1.165, 1.54) is 12.8 Å². The Labute approximate surface area is 158 Å². The third-order valence-corrected chi connectivity index (χ3v) is 3.54. The molecule has 0 fully saturated rings. The van der Waals surface area contributed by atoms with Crippen LogP contribution in [0.3, 0.4) is 0 Å². The molecule has 0 heterocycles. The Bertz CT molecular complexity index is 353. The molecule has 0 bridgehead atoms. The van der Waals surface area contributed by atoms with Crippen LogP contribution in [0, 0.1) is 0 Å². The van der Waals surface area contributed by atoms with E-state index in [1.54, 1.807) is 0 Å². The smallest absolute Gasteiger partial charge is 0.310 e. The summed E-state index contributed by atoms with van der Waals surface area (Å²) in [6.07, 6.45) is 5.43. The van der Waals surface area contributed by atoms with Crippen LogP contribution in [-0.4, -0.2) is 27.7 Å². The predicted molar refractivity (Wildman–Crippen MR) is 105 cm³/mol. The largest absolute Gasteiger partial charge is 0.425 e. The van der Waals surface area contributed by atoms with Crippen LogP contribution in [0.15, 0.2) is 0 Å². The van der Waals surface area contributed by atoms with Crippen LogP contribution < -0.4 is 0 Å². The molecule has 0 saturated carbocycles. The third-order valence-electron chi connectivity index (χ3n) is 3.22. The van der Waals surface area contributed by atoms with Crippen molar-refractivity contribution in [2.75, 3.05) is 0 Å². The number of carbonyl (C=O) groups excluding carboxylic acids is 2. The van der Waals surface area contributed by atoms with Crippen LogP contribution in [0.5, 0.6) is 0 Å². The number of hydrogen-bond acceptors (Lipinski definition) is 6. The van der Waals surface area contributed by atoms with Gasteiger partial charge in [-0.1, -0.05) is 60.3 Å². The summed E-state index contributed by atoms with van der Waals surface area (Å²) in [4.78, 5) is 24.0. The zero-order valence-corrected chi connectivity index (χ0v) is 17.6. The molecule has 0 saturated heterocycles. The zero-order valence-electron chi connectivity index (χ0n) is 15.8. The monoisotopic (exact) mass is 378 g/mol. The minimum Gasteiger partial charge on any atom is -0.425 e. The molecule has 0 aliphatic carbocycles. The second-order valence-corrected chi connectivity index (χ2v) is 10.0. The molecule has 0 aliphatic heterocycles. The highest BCUT2D eigenvalue weighted by Gasteiger charge is 2.25. The molecule has 6 heteroatoms. The number of esters is 2.